The van der Waals surface area contributed by atoms with Crippen LogP contribution in [0.3, 0.4) is 0 Å². The van der Waals surface area contributed by atoms with Gasteiger partial charge in [0.05, 0.1) is 0 Å². The van der Waals surface area contributed by atoms with Crippen LogP contribution in [0.5, 0.6) is 0 Å². The first-order valence-electron chi connectivity index (χ1n) is 5.77. The average Bonchev–Trinajstić information content (AvgIpc) is 2.47. The minimum absolute atomic E-state index is 0.271. The van der Waals surface area contributed by atoms with Gasteiger partial charge in [-0.2, -0.15) is 13.2 Å². The van der Waals surface area contributed by atoms with Crippen molar-refractivity contribution < 1.29 is 23.1 Å². The maximum Gasteiger partial charge on any atom is 0.379 e. The molecule has 106 valence electrons. The summed E-state index contributed by atoms with van der Waals surface area (Å²) in [5.41, 5.74) is 1.15. The Hall–Kier alpha value is -2.14. The Morgan fingerprint density at radius 1 is 0.850 bits per heavy atom. The predicted molar refractivity (Wildman–Crippen MR) is 69.3 cm³/mol. The first-order chi connectivity index (χ1) is 9.52. The number of carbonyl (C=O) groups is 1. The van der Waals surface area contributed by atoms with Crippen LogP contribution >= 0.6 is 0 Å². The first kappa shape index (κ1) is 15.9. The molecule has 20 heavy (non-hydrogen) atoms. The molecule has 0 fully saturated rings. The molecule has 0 spiro atoms. The lowest BCUT2D eigenvalue weighted by Crippen LogP contribution is -2.11. The summed E-state index contributed by atoms with van der Waals surface area (Å²) in [4.78, 5) is 11.9. The van der Waals surface area contributed by atoms with E-state index in [9.17, 15) is 23.1 Å². The highest BCUT2D eigenvalue weighted by Gasteiger charge is 2.18. The van der Waals surface area contributed by atoms with Gasteiger partial charge < -0.3 is 5.11 Å². The van der Waals surface area contributed by atoms with Crippen LogP contribution in [0.1, 0.15) is 22.0 Å². The summed E-state index contributed by atoms with van der Waals surface area (Å²) >= 11 is 0. The number of rotatable bonds is 3. The molecule has 0 aliphatic heterocycles. The number of Topliss-reactive ketones (excluding diaryl/α,β-unsaturated/α-hetero) is 1. The summed E-state index contributed by atoms with van der Waals surface area (Å²) in [6.45, 7) is -3.67. The Balaban J connectivity index is 0.000000444. The van der Waals surface area contributed by atoms with Gasteiger partial charge in [-0.1, -0.05) is 60.7 Å². The summed E-state index contributed by atoms with van der Waals surface area (Å²) in [7, 11) is 0. The summed E-state index contributed by atoms with van der Waals surface area (Å²) in [5.74, 6) is -0.271. The highest BCUT2D eigenvalue weighted by atomic mass is 19.4. The number of aliphatic hydroxyl groups excluding tert-OH is 1. The van der Waals surface area contributed by atoms with E-state index in [1.165, 1.54) is 0 Å². The molecule has 2 nitrogen and oxygen atoms in total. The van der Waals surface area contributed by atoms with Crippen molar-refractivity contribution in [1.29, 1.82) is 0 Å². The van der Waals surface area contributed by atoms with E-state index in [-0.39, 0.29) is 5.78 Å². The molecule has 1 N–H and O–H groups in total. The molecule has 5 heteroatoms. The Labute approximate surface area is 114 Å². The van der Waals surface area contributed by atoms with Gasteiger partial charge in [-0.3, -0.25) is 4.79 Å². The number of aliphatic hydroxyl groups is 1. The lowest BCUT2D eigenvalue weighted by molar-refractivity contribution is 0.00819. The molecular formula is C15H13F3O2. The third-order valence-corrected chi connectivity index (χ3v) is 2.42. The fourth-order valence-electron chi connectivity index (χ4n) is 1.55. The third-order valence-electron chi connectivity index (χ3n) is 2.42. The summed E-state index contributed by atoms with van der Waals surface area (Å²) in [6.07, 6.45) is -1.08. The smallest absolute Gasteiger partial charge is 0.379 e. The lowest BCUT2D eigenvalue weighted by atomic mass is 10.0. The number of halogens is 3. The van der Waals surface area contributed by atoms with Crippen molar-refractivity contribution in [3.8, 4) is 0 Å². The predicted octanol–water partition coefficient (Wildman–Crippen LogP) is 3.78. The van der Waals surface area contributed by atoms with Crippen molar-refractivity contribution in [3.63, 3.8) is 0 Å². The standard InChI is InChI=1S/C14H12O2.CHF3/c15-13(11-7-3-1-4-8-11)14(16)12-9-5-2-6-10-12;2-1(3)4/h1-10,13,15H;1H. The van der Waals surface area contributed by atoms with Crippen LogP contribution in [0.4, 0.5) is 13.2 Å². The van der Waals surface area contributed by atoms with Crippen molar-refractivity contribution in [2.75, 3.05) is 0 Å². The highest BCUT2D eigenvalue weighted by Crippen LogP contribution is 2.17. The maximum atomic E-state index is 11.9. The second-order valence-electron chi connectivity index (χ2n) is 3.79. The van der Waals surface area contributed by atoms with Gasteiger partial charge in [0.2, 0.25) is 0 Å². The van der Waals surface area contributed by atoms with E-state index in [4.69, 9.17) is 0 Å². The molecule has 1 atom stereocenters. The van der Waals surface area contributed by atoms with Gasteiger partial charge in [0.1, 0.15) is 6.10 Å². The van der Waals surface area contributed by atoms with Gasteiger partial charge in [-0.15, -0.1) is 0 Å². The van der Waals surface area contributed by atoms with E-state index in [0.717, 1.165) is 0 Å². The van der Waals surface area contributed by atoms with Gasteiger partial charge >= 0.3 is 6.68 Å². The fraction of sp³-hybridized carbons (Fsp3) is 0.133. The van der Waals surface area contributed by atoms with E-state index in [1.54, 1.807) is 48.5 Å². The molecule has 0 bridgehead atoms. The second-order valence-corrected chi connectivity index (χ2v) is 3.79. The van der Waals surface area contributed by atoms with Crippen LogP contribution in [-0.2, 0) is 0 Å². The monoisotopic (exact) mass is 282 g/mol. The van der Waals surface area contributed by atoms with Gasteiger partial charge in [-0.25, -0.2) is 0 Å². The molecule has 0 radical (unpaired) electrons. The second kappa shape index (κ2) is 8.12. The van der Waals surface area contributed by atoms with Gasteiger partial charge in [-0.05, 0) is 5.56 Å². The molecule has 2 rings (SSSR count). The molecule has 0 saturated heterocycles. The quantitative estimate of drug-likeness (QED) is 0.870. The molecule has 0 heterocycles. The van der Waals surface area contributed by atoms with Gasteiger partial charge in [0.25, 0.3) is 0 Å². The number of hydrogen-bond acceptors (Lipinski definition) is 2. The topological polar surface area (TPSA) is 37.3 Å². The molecule has 0 amide bonds. The van der Waals surface area contributed by atoms with E-state index < -0.39 is 12.8 Å². The van der Waals surface area contributed by atoms with Gasteiger partial charge in [0.15, 0.2) is 5.78 Å². The number of hydrogen-bond donors (Lipinski definition) is 1. The van der Waals surface area contributed by atoms with Crippen LogP contribution in [0.2, 0.25) is 0 Å². The van der Waals surface area contributed by atoms with E-state index in [0.29, 0.717) is 11.1 Å². The number of carbonyl (C=O) groups excluding carboxylic acids is 1. The Kier molecular flexibility index (Phi) is 6.46. The zero-order valence-corrected chi connectivity index (χ0v) is 10.4. The van der Waals surface area contributed by atoms with Crippen LogP contribution < -0.4 is 0 Å². The van der Waals surface area contributed by atoms with Crippen molar-refractivity contribution in [3.05, 3.63) is 71.8 Å². The minimum Gasteiger partial charge on any atom is -0.380 e. The van der Waals surface area contributed by atoms with E-state index in [2.05, 4.69) is 0 Å². The van der Waals surface area contributed by atoms with Crippen molar-refractivity contribution in [2.24, 2.45) is 0 Å². The first-order valence-corrected chi connectivity index (χ1v) is 5.77. The number of benzene rings is 2. The molecule has 0 saturated carbocycles. The molecular weight excluding hydrogens is 269 g/mol. The van der Waals surface area contributed by atoms with Crippen LogP contribution in [0.25, 0.3) is 0 Å². The van der Waals surface area contributed by atoms with Crippen LogP contribution in [0.15, 0.2) is 60.7 Å². The normalized spacial score (nSPS) is 11.4. The number of ketones is 1. The third kappa shape index (κ3) is 5.24. The maximum absolute atomic E-state index is 11.9. The van der Waals surface area contributed by atoms with Crippen molar-refractivity contribution >= 4 is 5.78 Å². The fourth-order valence-corrected chi connectivity index (χ4v) is 1.55. The summed E-state index contributed by atoms with van der Waals surface area (Å²) in [6, 6.07) is 17.7. The average molecular weight is 282 g/mol. The molecule has 0 aliphatic rings. The lowest BCUT2D eigenvalue weighted by Gasteiger charge is -2.09. The Morgan fingerprint density at radius 2 is 1.25 bits per heavy atom. The molecule has 0 aromatic heterocycles. The van der Waals surface area contributed by atoms with Crippen LogP contribution in [-0.4, -0.2) is 17.6 Å². The van der Waals surface area contributed by atoms with Crippen molar-refractivity contribution in [2.45, 2.75) is 12.8 Å². The molecule has 0 aliphatic carbocycles. The molecule has 2 aromatic carbocycles. The Morgan fingerprint density at radius 3 is 1.70 bits per heavy atom. The van der Waals surface area contributed by atoms with E-state index >= 15 is 0 Å². The zero-order chi connectivity index (χ0) is 15.0. The summed E-state index contributed by atoms with van der Waals surface area (Å²) in [5, 5.41) is 9.89. The van der Waals surface area contributed by atoms with Gasteiger partial charge in [0, 0.05) is 5.56 Å². The SMILES string of the molecule is FC(F)F.O=C(c1ccccc1)C(O)c1ccccc1. The van der Waals surface area contributed by atoms with E-state index in [1.807, 2.05) is 12.1 Å². The Bertz CT molecular complexity index is 512. The van der Waals surface area contributed by atoms with Crippen molar-refractivity contribution in [1.82, 2.24) is 0 Å². The molecule has 1 unspecified atom stereocenters. The highest BCUT2D eigenvalue weighted by molar-refractivity contribution is 5.99. The largest absolute Gasteiger partial charge is 0.380 e. The number of alkyl halides is 3. The minimum atomic E-state index is -3.67. The summed E-state index contributed by atoms with van der Waals surface area (Å²) < 4.78 is 29.0. The van der Waals surface area contributed by atoms with Crippen LogP contribution in [0, 0.1) is 0 Å². The zero-order valence-electron chi connectivity index (χ0n) is 10.4. The molecule has 2 aromatic rings.